The van der Waals surface area contributed by atoms with E-state index in [9.17, 15) is 4.79 Å². The summed E-state index contributed by atoms with van der Waals surface area (Å²) in [5.41, 5.74) is 12.0. The highest BCUT2D eigenvalue weighted by Crippen LogP contribution is 2.43. The monoisotopic (exact) mass is 412 g/mol. The van der Waals surface area contributed by atoms with Gasteiger partial charge in [0.05, 0.1) is 5.69 Å². The molecule has 160 valence electrons. The molecule has 0 saturated heterocycles. The molecule has 1 aromatic heterocycles. The fourth-order valence-corrected chi connectivity index (χ4v) is 4.78. The molecular formula is C28H32N2O. The van der Waals surface area contributed by atoms with E-state index in [4.69, 9.17) is 5.73 Å². The van der Waals surface area contributed by atoms with Crippen LogP contribution in [0.5, 0.6) is 0 Å². The second-order valence-corrected chi connectivity index (χ2v) is 8.82. The summed E-state index contributed by atoms with van der Waals surface area (Å²) in [6.45, 7) is 8.04. The zero-order chi connectivity index (χ0) is 21.8. The zero-order valence-electron chi connectivity index (χ0n) is 18.2. The van der Waals surface area contributed by atoms with Crippen LogP contribution >= 0.6 is 0 Å². The van der Waals surface area contributed by atoms with E-state index in [2.05, 4.69) is 48.5 Å². The Morgan fingerprint density at radius 1 is 0.968 bits per heavy atom. The molecule has 31 heavy (non-hydrogen) atoms. The van der Waals surface area contributed by atoms with E-state index in [1.165, 1.54) is 18.4 Å². The number of allylic oxidation sites excluding steroid dienone is 4. The van der Waals surface area contributed by atoms with Crippen molar-refractivity contribution in [3.63, 3.8) is 0 Å². The fraction of sp³-hybridized carbons (Fsp3) is 0.357. The van der Waals surface area contributed by atoms with E-state index >= 15 is 0 Å². The second-order valence-electron chi connectivity index (χ2n) is 8.82. The van der Waals surface area contributed by atoms with Gasteiger partial charge in [0.25, 0.3) is 0 Å². The number of benzene rings is 1. The molecule has 0 aliphatic heterocycles. The number of hydrogen-bond donors (Lipinski definition) is 1. The lowest BCUT2D eigenvalue weighted by molar-refractivity contribution is 0.0877. The van der Waals surface area contributed by atoms with Crippen molar-refractivity contribution in [1.29, 1.82) is 0 Å². The van der Waals surface area contributed by atoms with Crippen LogP contribution in [0.3, 0.4) is 0 Å². The maximum Gasteiger partial charge on any atom is 0.184 e. The standard InChI is InChI=1S/C28H32N2O/c1-3-5-19(4-2)20-6-8-21(9-7-20)22-10-14-24(15-11-22)28(31)27-26(23-12-13-23)17-16-25(18-29)30-27/h3-9,16-17,22-24H,1-2,10-15,18,29H2/b19-5+. The number of carbonyl (C=O) groups is 1. The Labute approximate surface area is 185 Å². The van der Waals surface area contributed by atoms with Crippen molar-refractivity contribution in [2.75, 3.05) is 0 Å². The van der Waals surface area contributed by atoms with Gasteiger partial charge in [0.1, 0.15) is 5.69 Å². The molecule has 2 aromatic rings. The highest BCUT2D eigenvalue weighted by Gasteiger charge is 2.33. The van der Waals surface area contributed by atoms with Crippen LogP contribution < -0.4 is 5.73 Å². The average Bonchev–Trinajstić information content (AvgIpc) is 3.67. The number of Topliss-reactive ketones (excluding diaryl/α,β-unsaturated/α-hetero) is 1. The van der Waals surface area contributed by atoms with Gasteiger partial charge >= 0.3 is 0 Å². The number of carbonyl (C=O) groups excluding carboxylic acids is 1. The van der Waals surface area contributed by atoms with Crippen LogP contribution in [0.4, 0.5) is 0 Å². The molecule has 2 saturated carbocycles. The lowest BCUT2D eigenvalue weighted by Gasteiger charge is -2.28. The van der Waals surface area contributed by atoms with Gasteiger partial charge in [0.2, 0.25) is 0 Å². The minimum atomic E-state index is 0.0800. The lowest BCUT2D eigenvalue weighted by atomic mass is 9.76. The van der Waals surface area contributed by atoms with Gasteiger partial charge in [0, 0.05) is 12.5 Å². The normalized spacial score (nSPS) is 21.5. The third-order valence-corrected chi connectivity index (χ3v) is 6.77. The Morgan fingerprint density at radius 2 is 1.65 bits per heavy atom. The second kappa shape index (κ2) is 9.57. The molecule has 1 aromatic carbocycles. The summed E-state index contributed by atoms with van der Waals surface area (Å²) in [7, 11) is 0. The number of aromatic nitrogens is 1. The van der Waals surface area contributed by atoms with Gasteiger partial charge in [-0.2, -0.15) is 0 Å². The zero-order valence-corrected chi connectivity index (χ0v) is 18.2. The van der Waals surface area contributed by atoms with Crippen LogP contribution in [-0.2, 0) is 6.54 Å². The van der Waals surface area contributed by atoms with Crippen LogP contribution in [0.15, 0.2) is 67.8 Å². The van der Waals surface area contributed by atoms with Crippen molar-refractivity contribution in [1.82, 2.24) is 4.98 Å². The molecule has 0 bridgehead atoms. The highest BCUT2D eigenvalue weighted by molar-refractivity contribution is 5.97. The summed E-state index contributed by atoms with van der Waals surface area (Å²) >= 11 is 0. The van der Waals surface area contributed by atoms with Crippen LogP contribution in [0.2, 0.25) is 0 Å². The van der Waals surface area contributed by atoms with Crippen LogP contribution in [-0.4, -0.2) is 10.8 Å². The van der Waals surface area contributed by atoms with E-state index in [0.29, 0.717) is 24.1 Å². The summed E-state index contributed by atoms with van der Waals surface area (Å²) in [5.74, 6) is 1.34. The van der Waals surface area contributed by atoms with Gasteiger partial charge in [-0.05, 0) is 78.7 Å². The summed E-state index contributed by atoms with van der Waals surface area (Å²) in [4.78, 5) is 18.0. The first kappa shape index (κ1) is 21.5. The quantitative estimate of drug-likeness (QED) is 0.407. The maximum atomic E-state index is 13.4. The van der Waals surface area contributed by atoms with Crippen LogP contribution in [0.25, 0.3) is 5.57 Å². The van der Waals surface area contributed by atoms with E-state index in [0.717, 1.165) is 48.1 Å². The molecule has 0 radical (unpaired) electrons. The first-order chi connectivity index (χ1) is 15.1. The number of hydrogen-bond acceptors (Lipinski definition) is 3. The molecule has 3 nitrogen and oxygen atoms in total. The molecule has 0 atom stereocenters. The van der Waals surface area contributed by atoms with Crippen molar-refractivity contribution in [3.05, 3.63) is 95.9 Å². The Bertz CT molecular complexity index is 990. The summed E-state index contributed by atoms with van der Waals surface area (Å²) in [6.07, 6.45) is 11.9. The number of nitrogens with two attached hydrogens (primary N) is 1. The SMILES string of the molecule is C=C/C=C(\C=C)c1ccc(C2CCC(C(=O)c3nc(CN)ccc3C3CC3)CC2)cc1. The number of nitrogens with zero attached hydrogens (tertiary/aromatic N) is 1. The molecule has 0 unspecified atom stereocenters. The van der Waals surface area contributed by atoms with Gasteiger partial charge in [0.15, 0.2) is 5.78 Å². The Hall–Kier alpha value is -2.78. The van der Waals surface area contributed by atoms with Gasteiger partial charge in [-0.15, -0.1) is 0 Å². The van der Waals surface area contributed by atoms with Gasteiger partial charge in [-0.1, -0.05) is 61.7 Å². The maximum absolute atomic E-state index is 13.4. The van der Waals surface area contributed by atoms with E-state index < -0.39 is 0 Å². The molecule has 0 spiro atoms. The van der Waals surface area contributed by atoms with E-state index in [1.807, 2.05) is 18.2 Å². The van der Waals surface area contributed by atoms with Crippen LogP contribution in [0.1, 0.15) is 83.2 Å². The molecule has 3 heteroatoms. The van der Waals surface area contributed by atoms with Crippen molar-refractivity contribution in [2.45, 2.75) is 56.9 Å². The van der Waals surface area contributed by atoms with Crippen LogP contribution in [0, 0.1) is 5.92 Å². The molecule has 2 aliphatic carbocycles. The molecule has 2 aliphatic rings. The topological polar surface area (TPSA) is 56.0 Å². The predicted molar refractivity (Wildman–Crippen MR) is 128 cm³/mol. The third-order valence-electron chi connectivity index (χ3n) is 6.77. The van der Waals surface area contributed by atoms with E-state index in [-0.39, 0.29) is 11.7 Å². The summed E-state index contributed by atoms with van der Waals surface area (Å²) in [5, 5.41) is 0. The van der Waals surface area contributed by atoms with Crippen molar-refractivity contribution in [2.24, 2.45) is 11.7 Å². The number of rotatable bonds is 8. The Balaban J connectivity index is 1.43. The highest BCUT2D eigenvalue weighted by atomic mass is 16.1. The third kappa shape index (κ3) is 4.77. The lowest BCUT2D eigenvalue weighted by Crippen LogP contribution is -2.23. The molecule has 0 amide bonds. The smallest absolute Gasteiger partial charge is 0.184 e. The summed E-state index contributed by atoms with van der Waals surface area (Å²) < 4.78 is 0. The minimum Gasteiger partial charge on any atom is -0.325 e. The van der Waals surface area contributed by atoms with Crippen molar-refractivity contribution < 1.29 is 4.79 Å². The summed E-state index contributed by atoms with van der Waals surface area (Å²) in [6, 6.07) is 12.8. The van der Waals surface area contributed by atoms with Gasteiger partial charge in [-0.3, -0.25) is 4.79 Å². The molecule has 2 fully saturated rings. The van der Waals surface area contributed by atoms with E-state index in [1.54, 1.807) is 6.08 Å². The van der Waals surface area contributed by atoms with Gasteiger partial charge < -0.3 is 5.73 Å². The minimum absolute atomic E-state index is 0.0800. The molecule has 1 heterocycles. The van der Waals surface area contributed by atoms with Crippen molar-refractivity contribution in [3.8, 4) is 0 Å². The average molecular weight is 413 g/mol. The predicted octanol–water partition coefficient (Wildman–Crippen LogP) is 6.33. The first-order valence-electron chi connectivity index (χ1n) is 11.4. The number of ketones is 1. The molecule has 4 rings (SSSR count). The van der Waals surface area contributed by atoms with Gasteiger partial charge in [-0.25, -0.2) is 4.98 Å². The molecular weight excluding hydrogens is 380 g/mol. The Morgan fingerprint density at radius 3 is 2.23 bits per heavy atom. The molecule has 2 N–H and O–H groups in total. The fourth-order valence-electron chi connectivity index (χ4n) is 4.78. The largest absolute Gasteiger partial charge is 0.325 e. The number of pyridine rings is 1. The van der Waals surface area contributed by atoms with Crippen molar-refractivity contribution >= 4 is 11.4 Å². The Kier molecular flexibility index (Phi) is 6.62. The first-order valence-corrected chi connectivity index (χ1v) is 11.4.